The van der Waals surface area contributed by atoms with E-state index in [0.29, 0.717) is 0 Å². The monoisotopic (exact) mass is 243 g/mol. The molecule has 15 heavy (non-hydrogen) atoms. The van der Waals surface area contributed by atoms with Gasteiger partial charge in [-0.3, -0.25) is 4.90 Å². The van der Waals surface area contributed by atoms with Gasteiger partial charge in [0.1, 0.15) is 12.2 Å². The van der Waals surface area contributed by atoms with Crippen molar-refractivity contribution >= 4 is 12.4 Å². The lowest BCUT2D eigenvalue weighted by atomic mass is 9.94. The van der Waals surface area contributed by atoms with Crippen LogP contribution in [-0.2, 0) is 0 Å². The second-order valence-corrected chi connectivity index (χ2v) is 3.52. The van der Waals surface area contributed by atoms with Gasteiger partial charge >= 0.3 is 0 Å². The molecule has 0 aromatic rings. The highest BCUT2D eigenvalue weighted by atomic mass is 35.5. The molecule has 0 bridgehead atoms. The molecule has 0 amide bonds. The minimum absolute atomic E-state index is 0. The zero-order valence-electron chi connectivity index (χ0n) is 8.23. The predicted octanol–water partition coefficient (Wildman–Crippen LogP) is -2.84. The van der Waals surface area contributed by atoms with E-state index in [4.69, 9.17) is 10.2 Å². The minimum atomic E-state index is -1.23. The number of aliphatic hydroxyl groups is 5. The van der Waals surface area contributed by atoms with Crippen LogP contribution >= 0.6 is 12.4 Å². The van der Waals surface area contributed by atoms with Gasteiger partial charge in [0, 0.05) is 13.1 Å². The van der Waals surface area contributed by atoms with Gasteiger partial charge in [-0.05, 0) is 0 Å². The van der Waals surface area contributed by atoms with Gasteiger partial charge in [0.25, 0.3) is 0 Å². The summed E-state index contributed by atoms with van der Waals surface area (Å²) >= 11 is 0. The SMILES string of the molecule is Cl.OCCN1CC(O)C(O)[C@@H](O)C1CO. The molecule has 6 nitrogen and oxygen atoms in total. The highest BCUT2D eigenvalue weighted by Crippen LogP contribution is 2.18. The molecule has 1 rings (SSSR count). The lowest BCUT2D eigenvalue weighted by Crippen LogP contribution is -2.62. The first kappa shape index (κ1) is 15.0. The summed E-state index contributed by atoms with van der Waals surface area (Å²) in [6.07, 6.45) is -3.46. The Hall–Kier alpha value is 0.0500. The van der Waals surface area contributed by atoms with Crippen LogP contribution in [-0.4, -0.2) is 81.1 Å². The number of piperidine rings is 1. The van der Waals surface area contributed by atoms with Gasteiger partial charge in [0.2, 0.25) is 0 Å². The number of β-amino-alcohol motifs (C(OH)–C–C–N with tert-alkyl or cyclic N) is 2. The molecule has 92 valence electrons. The Kier molecular flexibility index (Phi) is 6.62. The second-order valence-electron chi connectivity index (χ2n) is 3.52. The molecule has 1 aliphatic rings. The third kappa shape index (κ3) is 3.25. The van der Waals surface area contributed by atoms with E-state index in [1.165, 1.54) is 0 Å². The van der Waals surface area contributed by atoms with Crippen molar-refractivity contribution < 1.29 is 25.5 Å². The van der Waals surface area contributed by atoms with E-state index in [-0.39, 0.29) is 38.7 Å². The largest absolute Gasteiger partial charge is 0.395 e. The molecule has 1 aliphatic heterocycles. The Bertz CT molecular complexity index is 184. The fraction of sp³-hybridized carbons (Fsp3) is 1.00. The first-order valence-electron chi connectivity index (χ1n) is 4.61. The molecule has 0 spiro atoms. The van der Waals surface area contributed by atoms with E-state index in [1.807, 2.05) is 0 Å². The summed E-state index contributed by atoms with van der Waals surface area (Å²) < 4.78 is 0. The Morgan fingerprint density at radius 2 is 1.67 bits per heavy atom. The van der Waals surface area contributed by atoms with Gasteiger partial charge in [0.05, 0.1) is 25.4 Å². The molecular weight excluding hydrogens is 226 g/mol. The third-order valence-corrected chi connectivity index (χ3v) is 2.60. The summed E-state index contributed by atoms with van der Waals surface area (Å²) in [6.45, 7) is -0.0347. The quantitative estimate of drug-likeness (QED) is 0.366. The molecule has 0 radical (unpaired) electrons. The maximum absolute atomic E-state index is 9.51. The van der Waals surface area contributed by atoms with Gasteiger partial charge in [-0.1, -0.05) is 0 Å². The molecule has 1 saturated heterocycles. The number of halogens is 1. The summed E-state index contributed by atoms with van der Waals surface area (Å²) in [5.41, 5.74) is 0. The number of likely N-dealkylation sites (tertiary alicyclic amines) is 1. The number of nitrogens with zero attached hydrogens (tertiary/aromatic N) is 1. The summed E-state index contributed by atoms with van der Waals surface area (Å²) in [4.78, 5) is 1.56. The van der Waals surface area contributed by atoms with Crippen LogP contribution in [0.15, 0.2) is 0 Å². The first-order chi connectivity index (χ1) is 6.61. The second kappa shape index (κ2) is 6.59. The van der Waals surface area contributed by atoms with Crippen LogP contribution in [0, 0.1) is 0 Å². The fourth-order valence-electron chi connectivity index (χ4n) is 1.76. The summed E-state index contributed by atoms with van der Waals surface area (Å²) in [7, 11) is 0. The molecule has 0 saturated carbocycles. The van der Waals surface area contributed by atoms with Crippen molar-refractivity contribution in [1.82, 2.24) is 4.90 Å². The van der Waals surface area contributed by atoms with Crippen molar-refractivity contribution in [2.75, 3.05) is 26.3 Å². The maximum atomic E-state index is 9.51. The topological polar surface area (TPSA) is 104 Å². The average Bonchev–Trinajstić information content (AvgIpc) is 2.16. The first-order valence-corrected chi connectivity index (χ1v) is 4.61. The number of hydrogen-bond acceptors (Lipinski definition) is 6. The highest BCUT2D eigenvalue weighted by molar-refractivity contribution is 5.85. The van der Waals surface area contributed by atoms with Crippen molar-refractivity contribution in [1.29, 1.82) is 0 Å². The zero-order valence-corrected chi connectivity index (χ0v) is 9.05. The predicted molar refractivity (Wildman–Crippen MR) is 54.8 cm³/mol. The van der Waals surface area contributed by atoms with E-state index in [9.17, 15) is 15.3 Å². The van der Waals surface area contributed by atoms with Gasteiger partial charge in [-0.25, -0.2) is 0 Å². The Labute approximate surface area is 94.2 Å². The summed E-state index contributed by atoms with van der Waals surface area (Å²) in [5, 5.41) is 45.9. The van der Waals surface area contributed by atoms with Crippen LogP contribution in [0.5, 0.6) is 0 Å². The van der Waals surface area contributed by atoms with Gasteiger partial charge < -0.3 is 25.5 Å². The summed E-state index contributed by atoms with van der Waals surface area (Å²) in [6, 6.07) is -0.624. The highest BCUT2D eigenvalue weighted by Gasteiger charge is 2.40. The Balaban J connectivity index is 0.00000196. The van der Waals surface area contributed by atoms with Crippen LogP contribution in [0.25, 0.3) is 0 Å². The number of hydrogen-bond donors (Lipinski definition) is 5. The van der Waals surface area contributed by atoms with E-state index in [0.717, 1.165) is 0 Å². The molecule has 1 fully saturated rings. The third-order valence-electron chi connectivity index (χ3n) is 2.60. The zero-order chi connectivity index (χ0) is 10.7. The minimum Gasteiger partial charge on any atom is -0.395 e. The van der Waals surface area contributed by atoms with E-state index in [1.54, 1.807) is 4.90 Å². The Morgan fingerprint density at radius 3 is 2.13 bits per heavy atom. The molecule has 0 aromatic carbocycles. The number of aliphatic hydroxyl groups excluding tert-OH is 5. The molecule has 4 atom stereocenters. The van der Waals surface area contributed by atoms with Gasteiger partial charge in [-0.15, -0.1) is 12.4 Å². The van der Waals surface area contributed by atoms with Crippen molar-refractivity contribution in [2.24, 2.45) is 0 Å². The summed E-state index contributed by atoms with van der Waals surface area (Å²) in [5.74, 6) is 0. The van der Waals surface area contributed by atoms with Crippen molar-refractivity contribution in [3.05, 3.63) is 0 Å². The lowest BCUT2D eigenvalue weighted by molar-refractivity contribution is -0.146. The van der Waals surface area contributed by atoms with Crippen molar-refractivity contribution in [2.45, 2.75) is 24.4 Å². The van der Waals surface area contributed by atoms with Crippen molar-refractivity contribution in [3.63, 3.8) is 0 Å². The molecule has 3 unspecified atom stereocenters. The Morgan fingerprint density at radius 1 is 1.07 bits per heavy atom. The van der Waals surface area contributed by atoms with Crippen LogP contribution in [0.2, 0.25) is 0 Å². The smallest absolute Gasteiger partial charge is 0.109 e. The molecule has 5 N–H and O–H groups in total. The van der Waals surface area contributed by atoms with Gasteiger partial charge in [-0.2, -0.15) is 0 Å². The van der Waals surface area contributed by atoms with E-state index >= 15 is 0 Å². The van der Waals surface area contributed by atoms with E-state index in [2.05, 4.69) is 0 Å². The molecular formula is C8H18ClNO5. The average molecular weight is 244 g/mol. The molecule has 1 heterocycles. The van der Waals surface area contributed by atoms with E-state index < -0.39 is 24.4 Å². The fourth-order valence-corrected chi connectivity index (χ4v) is 1.76. The standard InChI is InChI=1S/C8H17NO5.ClH/c10-2-1-9-3-6(12)8(14)7(13)5(9)4-11;/h5-8,10-14H,1-4H2;1H/t5?,6?,7-,8?;/m0./s1. The van der Waals surface area contributed by atoms with Crippen LogP contribution in [0.4, 0.5) is 0 Å². The van der Waals surface area contributed by atoms with Crippen molar-refractivity contribution in [3.8, 4) is 0 Å². The molecule has 0 aromatic heterocycles. The molecule has 0 aliphatic carbocycles. The van der Waals surface area contributed by atoms with Crippen LogP contribution in [0.1, 0.15) is 0 Å². The van der Waals surface area contributed by atoms with Crippen LogP contribution in [0.3, 0.4) is 0 Å². The van der Waals surface area contributed by atoms with Gasteiger partial charge in [0.15, 0.2) is 0 Å². The normalized spacial score (nSPS) is 37.4. The van der Waals surface area contributed by atoms with Crippen LogP contribution < -0.4 is 0 Å². The molecule has 7 heteroatoms. The lowest BCUT2D eigenvalue weighted by Gasteiger charge is -2.42. The number of rotatable bonds is 3. The maximum Gasteiger partial charge on any atom is 0.109 e.